The highest BCUT2D eigenvalue weighted by Gasteiger charge is 2.63. The van der Waals surface area contributed by atoms with Crippen molar-refractivity contribution in [1.82, 2.24) is 19.4 Å². The molecular formula is C43H58F2N4O9S. The van der Waals surface area contributed by atoms with Crippen LogP contribution >= 0.6 is 0 Å². The van der Waals surface area contributed by atoms with Gasteiger partial charge in [0.05, 0.1) is 51.9 Å². The Morgan fingerprint density at radius 3 is 2.34 bits per heavy atom. The van der Waals surface area contributed by atoms with Crippen molar-refractivity contribution in [3.05, 3.63) is 46.8 Å². The van der Waals surface area contributed by atoms with Gasteiger partial charge in [-0.3, -0.25) is 28.7 Å². The Kier molecular flexibility index (Phi) is 12.0. The summed E-state index contributed by atoms with van der Waals surface area (Å²) in [6, 6.07) is 5.32. The van der Waals surface area contributed by atoms with Crippen molar-refractivity contribution >= 4 is 44.4 Å². The molecule has 1 aromatic heterocycles. The van der Waals surface area contributed by atoms with Gasteiger partial charge in [-0.2, -0.15) is 0 Å². The number of sulfonamides is 1. The molecule has 0 unspecified atom stereocenters. The van der Waals surface area contributed by atoms with E-state index in [2.05, 4.69) is 9.82 Å². The highest BCUT2D eigenvalue weighted by molar-refractivity contribution is 7.91. The number of aromatic nitrogens is 2. The second-order valence-corrected chi connectivity index (χ2v) is 20.9. The van der Waals surface area contributed by atoms with Crippen LogP contribution in [-0.4, -0.2) is 81.6 Å². The number of carbonyl (C=O) groups is 4. The molecule has 6 rings (SSSR count). The summed E-state index contributed by atoms with van der Waals surface area (Å²) < 4.78 is 69.8. The highest BCUT2D eigenvalue weighted by Crippen LogP contribution is 2.58. The van der Waals surface area contributed by atoms with Gasteiger partial charge in [-0.05, 0) is 103 Å². The minimum absolute atomic E-state index is 0.0347. The van der Waals surface area contributed by atoms with Gasteiger partial charge in [-0.15, -0.1) is 5.10 Å². The van der Waals surface area contributed by atoms with E-state index in [9.17, 15) is 41.2 Å². The zero-order valence-corrected chi connectivity index (χ0v) is 36.1. The van der Waals surface area contributed by atoms with Gasteiger partial charge >= 0.3 is 5.97 Å². The molecule has 3 heterocycles. The molecule has 2 saturated carbocycles. The van der Waals surface area contributed by atoms with E-state index < -0.39 is 91.6 Å². The topological polar surface area (TPSA) is 171 Å². The minimum Gasteiger partial charge on any atom is -0.471 e. The molecule has 7 atom stereocenters. The van der Waals surface area contributed by atoms with Crippen molar-refractivity contribution in [3.8, 4) is 5.88 Å². The number of ether oxygens (including phenoxy) is 2. The van der Waals surface area contributed by atoms with Crippen LogP contribution < -0.4 is 15.0 Å². The number of benzene rings is 1. The van der Waals surface area contributed by atoms with Gasteiger partial charge in [0.15, 0.2) is 11.4 Å². The number of nitrogens with one attached hydrogen (secondary N) is 1. The number of nitrogens with zero attached hydrogens (tertiary/aromatic N) is 3. The lowest BCUT2D eigenvalue weighted by molar-refractivity contribution is -0.197. The number of amides is 2. The first kappa shape index (κ1) is 44.3. The van der Waals surface area contributed by atoms with E-state index in [-0.39, 0.29) is 49.2 Å². The lowest BCUT2D eigenvalue weighted by atomic mass is 9.82. The average molecular weight is 845 g/mol. The van der Waals surface area contributed by atoms with E-state index in [4.69, 9.17) is 9.47 Å². The van der Waals surface area contributed by atoms with Crippen molar-refractivity contribution in [1.29, 1.82) is 0 Å². The van der Waals surface area contributed by atoms with Crippen molar-refractivity contribution in [3.63, 3.8) is 0 Å². The molecule has 0 radical (unpaired) electrons. The summed E-state index contributed by atoms with van der Waals surface area (Å²) in [4.78, 5) is 71.8. The Morgan fingerprint density at radius 2 is 1.71 bits per heavy atom. The van der Waals surface area contributed by atoms with E-state index in [1.165, 1.54) is 9.58 Å². The number of ketones is 1. The Morgan fingerprint density at radius 1 is 1.05 bits per heavy atom. The largest absolute Gasteiger partial charge is 0.471 e. The zero-order chi connectivity index (χ0) is 43.5. The van der Waals surface area contributed by atoms with E-state index >= 15 is 0 Å². The van der Waals surface area contributed by atoms with Gasteiger partial charge in [0, 0.05) is 19.8 Å². The number of esters is 1. The summed E-state index contributed by atoms with van der Waals surface area (Å²) in [6.07, 6.45) is 4.93. The second-order valence-electron chi connectivity index (χ2n) is 18.7. The molecule has 59 heavy (non-hydrogen) atoms. The number of fused-ring (bicyclic) bond motifs is 3. The predicted octanol–water partition coefficient (Wildman–Crippen LogP) is 6.29. The molecule has 4 aliphatic rings. The highest BCUT2D eigenvalue weighted by atomic mass is 32.2. The molecule has 2 aliphatic heterocycles. The molecule has 324 valence electrons. The molecule has 1 N–H and O–H groups in total. The van der Waals surface area contributed by atoms with E-state index in [1.807, 2.05) is 26.0 Å². The quantitative estimate of drug-likeness (QED) is 0.212. The van der Waals surface area contributed by atoms with Crippen LogP contribution in [0.3, 0.4) is 0 Å². The molecule has 13 nitrogen and oxygen atoms in total. The molecule has 1 saturated heterocycles. The summed E-state index contributed by atoms with van der Waals surface area (Å²) in [5.41, 5.74) is -3.85. The monoisotopic (exact) mass is 844 g/mol. The fourth-order valence-corrected chi connectivity index (χ4v) is 9.79. The molecule has 2 aliphatic carbocycles. The fourth-order valence-electron chi connectivity index (χ4n) is 8.45. The number of hydrogen-bond donors (Lipinski definition) is 1. The van der Waals surface area contributed by atoms with Crippen molar-refractivity contribution in [2.75, 3.05) is 6.54 Å². The molecule has 16 heteroatoms. The van der Waals surface area contributed by atoms with Gasteiger partial charge in [0.2, 0.25) is 27.7 Å². The number of carbonyl (C=O) groups excluding carboxylic acids is 4. The van der Waals surface area contributed by atoms with E-state index in [0.717, 1.165) is 13.8 Å². The number of allylic oxidation sites excluding steroid dienone is 2. The van der Waals surface area contributed by atoms with Crippen LogP contribution in [0, 0.1) is 29.1 Å². The SMILES string of the molecule is CC(C)n1nc(O[C@@H]2C[C@H]3C(=O)C[C@]4(C(=O)NS(=O)(=O)C5(C)CC5)C[C@H]4/C=C\CC[C@H](C)C[C@@H](C)[C@H](CC(=O)OC(C)(C)C(C)(F)F)C(=O)N3C2)c2ccccc2c1=O. The van der Waals surface area contributed by atoms with Gasteiger partial charge < -0.3 is 14.4 Å². The molecule has 2 aromatic rings. The standard InChI is InChI=1S/C43H58F2N4O9S/c1-25(2)49-38(53)31-16-12-11-15-30(31)36(46-49)57-29-20-33-34(50)23-43(39(54)47-59(55,56)41(7)17-18-41)22-28(43)14-10-9-13-26(3)19-27(4)32(37(52)48(33)24-29)21-35(51)58-40(5,6)42(8,44)45/h10-12,14-16,25-29,32-33H,9,13,17-24H2,1-8H3,(H,47,54)/b14-10-/t26-,27+,28+,29+,32-,33-,43+/m0/s1. The summed E-state index contributed by atoms with van der Waals surface area (Å²) >= 11 is 0. The van der Waals surface area contributed by atoms with Gasteiger partial charge in [0.1, 0.15) is 6.10 Å². The first-order valence-corrected chi connectivity index (χ1v) is 22.2. The molecule has 0 spiro atoms. The third kappa shape index (κ3) is 8.97. The summed E-state index contributed by atoms with van der Waals surface area (Å²) in [6.45, 7) is 11.7. The Labute approximate surface area is 344 Å². The van der Waals surface area contributed by atoms with E-state index in [0.29, 0.717) is 49.8 Å². The van der Waals surface area contributed by atoms with Crippen molar-refractivity contribution in [2.45, 2.75) is 148 Å². The van der Waals surface area contributed by atoms with Crippen molar-refractivity contribution in [2.24, 2.45) is 29.1 Å². The fraction of sp³-hybridized carbons (Fsp3) is 0.674. The Balaban J connectivity index is 1.38. The third-order valence-electron chi connectivity index (χ3n) is 13.2. The molecular weight excluding hydrogens is 787 g/mol. The lowest BCUT2D eigenvalue weighted by Crippen LogP contribution is -2.49. The number of rotatable bonds is 10. The predicted molar refractivity (Wildman–Crippen MR) is 216 cm³/mol. The second kappa shape index (κ2) is 16.0. The lowest BCUT2D eigenvalue weighted by Gasteiger charge is -2.34. The maximum Gasteiger partial charge on any atom is 0.307 e. The number of Topliss-reactive ketones (excluding diaryl/α,β-unsaturated/α-hetero) is 1. The van der Waals surface area contributed by atoms with Crippen LogP contribution in [0.2, 0.25) is 0 Å². The van der Waals surface area contributed by atoms with Crippen LogP contribution in [0.5, 0.6) is 5.88 Å². The van der Waals surface area contributed by atoms with Crippen LogP contribution in [0.4, 0.5) is 8.78 Å². The summed E-state index contributed by atoms with van der Waals surface area (Å²) in [5, 5.41) is 5.33. The zero-order valence-electron chi connectivity index (χ0n) is 35.3. The molecule has 0 bridgehead atoms. The smallest absolute Gasteiger partial charge is 0.307 e. The third-order valence-corrected chi connectivity index (χ3v) is 15.3. The average Bonchev–Trinajstić information content (AvgIpc) is 4.02. The van der Waals surface area contributed by atoms with Crippen LogP contribution in [0.25, 0.3) is 10.8 Å². The molecule has 1 aromatic carbocycles. The van der Waals surface area contributed by atoms with E-state index in [1.54, 1.807) is 45.0 Å². The summed E-state index contributed by atoms with van der Waals surface area (Å²) in [5.74, 6) is -7.94. The Hall–Kier alpha value is -4.21. The van der Waals surface area contributed by atoms with Crippen LogP contribution in [0.15, 0.2) is 41.2 Å². The number of halogens is 2. The van der Waals surface area contributed by atoms with Gasteiger partial charge in [0.25, 0.3) is 11.5 Å². The molecule has 2 amide bonds. The molecule has 3 fully saturated rings. The van der Waals surface area contributed by atoms with Gasteiger partial charge in [-0.25, -0.2) is 21.9 Å². The minimum atomic E-state index is -4.03. The van der Waals surface area contributed by atoms with Crippen LogP contribution in [-0.2, 0) is 33.9 Å². The first-order valence-electron chi connectivity index (χ1n) is 20.7. The first-order chi connectivity index (χ1) is 27.4. The van der Waals surface area contributed by atoms with Gasteiger partial charge in [-0.1, -0.05) is 38.1 Å². The van der Waals surface area contributed by atoms with Crippen molar-refractivity contribution < 1.29 is 45.9 Å². The summed E-state index contributed by atoms with van der Waals surface area (Å²) in [7, 11) is -4.03. The maximum atomic E-state index is 15.0. The Bertz CT molecular complexity index is 2200. The maximum absolute atomic E-state index is 15.0. The normalized spacial score (nSPS) is 29.5. The number of hydrogen-bond acceptors (Lipinski definition) is 10. The van der Waals surface area contributed by atoms with Crippen LogP contribution in [0.1, 0.15) is 119 Å². The number of alkyl halides is 2.